The smallest absolute Gasteiger partial charge is 0.226 e. The highest BCUT2D eigenvalue weighted by atomic mass is 35.5. The molecule has 1 aliphatic carbocycles. The van der Waals surface area contributed by atoms with Crippen molar-refractivity contribution in [1.29, 1.82) is 0 Å². The number of hydrogen-bond donors (Lipinski definition) is 2. The summed E-state index contributed by atoms with van der Waals surface area (Å²) in [7, 11) is 0. The van der Waals surface area contributed by atoms with E-state index in [-0.39, 0.29) is 36.2 Å². The van der Waals surface area contributed by atoms with E-state index in [2.05, 4.69) is 5.32 Å². The van der Waals surface area contributed by atoms with Crippen molar-refractivity contribution >= 4 is 24.2 Å². The lowest BCUT2D eigenvalue weighted by atomic mass is 10.0. The van der Waals surface area contributed by atoms with Crippen LogP contribution < -0.4 is 11.1 Å². The van der Waals surface area contributed by atoms with E-state index >= 15 is 0 Å². The molecule has 6 heteroatoms. The maximum atomic E-state index is 12.0. The van der Waals surface area contributed by atoms with Gasteiger partial charge >= 0.3 is 0 Å². The van der Waals surface area contributed by atoms with Gasteiger partial charge in [0.25, 0.3) is 0 Å². The average Bonchev–Trinajstić information content (AvgIpc) is 2.99. The van der Waals surface area contributed by atoms with E-state index in [9.17, 15) is 9.59 Å². The molecule has 1 unspecified atom stereocenters. The Hall–Kier alpha value is -0.810. The minimum atomic E-state index is -0.0986. The first kappa shape index (κ1) is 19.2. The molecule has 0 aromatic rings. The average molecular weight is 332 g/mol. The molecule has 1 heterocycles. The summed E-state index contributed by atoms with van der Waals surface area (Å²) >= 11 is 0. The van der Waals surface area contributed by atoms with Crippen LogP contribution >= 0.6 is 12.4 Å². The van der Waals surface area contributed by atoms with Gasteiger partial charge in [-0.1, -0.05) is 19.8 Å². The van der Waals surface area contributed by atoms with E-state index in [0.717, 1.165) is 25.9 Å². The van der Waals surface area contributed by atoms with Gasteiger partial charge in [0.05, 0.1) is 0 Å². The zero-order chi connectivity index (χ0) is 15.2. The first-order chi connectivity index (χ1) is 10.1. The molecule has 128 valence electrons. The normalized spacial score (nSPS) is 21.3. The van der Waals surface area contributed by atoms with Crippen LogP contribution in [0.25, 0.3) is 0 Å². The second kappa shape index (κ2) is 9.36. The van der Waals surface area contributed by atoms with Crippen molar-refractivity contribution in [3.8, 4) is 0 Å². The highest BCUT2D eigenvalue weighted by Gasteiger charge is 2.27. The number of rotatable bonds is 5. The quantitative estimate of drug-likeness (QED) is 0.805. The molecule has 1 saturated carbocycles. The highest BCUT2D eigenvalue weighted by Crippen LogP contribution is 2.27. The maximum Gasteiger partial charge on any atom is 0.226 e. The Balaban J connectivity index is 0.00000242. The standard InChI is InChI=1S/C16H29N3O2.ClH/c1-12(11-17)16(21)19-8-6-14(7-9-19)18-15(20)10-13-4-2-3-5-13;/h12-14H,2-11,17H2,1H3,(H,18,20);1H. The molecule has 2 amide bonds. The summed E-state index contributed by atoms with van der Waals surface area (Å²) in [5.41, 5.74) is 5.55. The van der Waals surface area contributed by atoms with Gasteiger partial charge in [0.2, 0.25) is 11.8 Å². The predicted octanol–water partition coefficient (Wildman–Crippen LogP) is 1.69. The number of nitrogens with one attached hydrogen (secondary N) is 1. The summed E-state index contributed by atoms with van der Waals surface area (Å²) in [5.74, 6) is 0.839. The van der Waals surface area contributed by atoms with Crippen molar-refractivity contribution in [2.24, 2.45) is 17.6 Å². The third-order valence-corrected chi connectivity index (χ3v) is 4.90. The number of carbonyl (C=O) groups is 2. The molecule has 0 bridgehead atoms. The Bertz CT molecular complexity index is 364. The van der Waals surface area contributed by atoms with Crippen LogP contribution in [0, 0.1) is 11.8 Å². The van der Waals surface area contributed by atoms with Crippen molar-refractivity contribution in [2.75, 3.05) is 19.6 Å². The van der Waals surface area contributed by atoms with Crippen molar-refractivity contribution in [3.63, 3.8) is 0 Å². The van der Waals surface area contributed by atoms with Crippen molar-refractivity contribution in [1.82, 2.24) is 10.2 Å². The Kier molecular flexibility index (Phi) is 8.18. The molecule has 0 radical (unpaired) electrons. The van der Waals surface area contributed by atoms with Gasteiger partial charge in [0, 0.05) is 38.0 Å². The molecule has 2 fully saturated rings. The summed E-state index contributed by atoms with van der Waals surface area (Å²) < 4.78 is 0. The summed E-state index contributed by atoms with van der Waals surface area (Å²) in [6.07, 6.45) is 7.37. The molecule has 0 aromatic carbocycles. The molecule has 0 aromatic heterocycles. The number of nitrogens with two attached hydrogens (primary N) is 1. The molecule has 1 aliphatic heterocycles. The second-order valence-electron chi connectivity index (χ2n) is 6.66. The van der Waals surface area contributed by atoms with Crippen LogP contribution in [0.5, 0.6) is 0 Å². The number of piperidine rings is 1. The number of likely N-dealkylation sites (tertiary alicyclic amines) is 1. The molecule has 1 saturated heterocycles. The summed E-state index contributed by atoms with van der Waals surface area (Å²) in [5, 5.41) is 3.15. The van der Waals surface area contributed by atoms with E-state index in [4.69, 9.17) is 5.73 Å². The third-order valence-electron chi connectivity index (χ3n) is 4.90. The highest BCUT2D eigenvalue weighted by molar-refractivity contribution is 5.85. The van der Waals surface area contributed by atoms with Crippen LogP contribution in [-0.4, -0.2) is 42.4 Å². The molecule has 22 heavy (non-hydrogen) atoms. The Morgan fingerprint density at radius 3 is 2.32 bits per heavy atom. The van der Waals surface area contributed by atoms with Gasteiger partial charge in [-0.3, -0.25) is 9.59 Å². The fourth-order valence-electron chi connectivity index (χ4n) is 3.42. The van der Waals surface area contributed by atoms with Crippen molar-refractivity contribution in [3.05, 3.63) is 0 Å². The lowest BCUT2D eigenvalue weighted by Crippen LogP contribution is -2.48. The van der Waals surface area contributed by atoms with Gasteiger partial charge in [-0.15, -0.1) is 12.4 Å². The largest absolute Gasteiger partial charge is 0.353 e. The third kappa shape index (κ3) is 5.43. The number of hydrogen-bond acceptors (Lipinski definition) is 3. The molecule has 1 atom stereocenters. The summed E-state index contributed by atoms with van der Waals surface area (Å²) in [6.45, 7) is 3.74. The SMILES string of the molecule is CC(CN)C(=O)N1CCC(NC(=O)CC2CCCC2)CC1.Cl. The van der Waals surface area contributed by atoms with Crippen LogP contribution in [0.3, 0.4) is 0 Å². The van der Waals surface area contributed by atoms with E-state index in [1.54, 1.807) is 0 Å². The minimum absolute atomic E-state index is 0. The van der Waals surface area contributed by atoms with E-state index in [1.165, 1.54) is 25.7 Å². The van der Waals surface area contributed by atoms with Crippen LogP contribution in [0.1, 0.15) is 51.9 Å². The van der Waals surface area contributed by atoms with Gasteiger partial charge < -0.3 is 16.0 Å². The van der Waals surface area contributed by atoms with Gasteiger partial charge in [-0.25, -0.2) is 0 Å². The van der Waals surface area contributed by atoms with E-state index < -0.39 is 0 Å². The zero-order valence-electron chi connectivity index (χ0n) is 13.6. The van der Waals surface area contributed by atoms with Crippen LogP contribution in [0.4, 0.5) is 0 Å². The minimum Gasteiger partial charge on any atom is -0.353 e. The van der Waals surface area contributed by atoms with Gasteiger partial charge in [-0.05, 0) is 31.6 Å². The predicted molar refractivity (Wildman–Crippen MR) is 89.8 cm³/mol. The first-order valence-electron chi connectivity index (χ1n) is 8.38. The molecular formula is C16H30ClN3O2. The lowest BCUT2D eigenvalue weighted by molar-refractivity contribution is -0.135. The fraction of sp³-hybridized carbons (Fsp3) is 0.875. The monoisotopic (exact) mass is 331 g/mol. The number of nitrogens with zero attached hydrogens (tertiary/aromatic N) is 1. The van der Waals surface area contributed by atoms with Crippen LogP contribution in [0.15, 0.2) is 0 Å². The first-order valence-corrected chi connectivity index (χ1v) is 8.38. The van der Waals surface area contributed by atoms with Crippen molar-refractivity contribution in [2.45, 2.75) is 57.9 Å². The Morgan fingerprint density at radius 1 is 1.18 bits per heavy atom. The Labute approximate surface area is 139 Å². The summed E-state index contributed by atoms with van der Waals surface area (Å²) in [6, 6.07) is 0.233. The Morgan fingerprint density at radius 2 is 1.77 bits per heavy atom. The molecule has 3 N–H and O–H groups in total. The second-order valence-corrected chi connectivity index (χ2v) is 6.66. The fourth-order valence-corrected chi connectivity index (χ4v) is 3.42. The number of amides is 2. The van der Waals surface area contributed by atoms with Gasteiger partial charge in [0.15, 0.2) is 0 Å². The lowest BCUT2D eigenvalue weighted by Gasteiger charge is -2.34. The maximum absolute atomic E-state index is 12.0. The van der Waals surface area contributed by atoms with Crippen LogP contribution in [0.2, 0.25) is 0 Å². The summed E-state index contributed by atoms with van der Waals surface area (Å²) in [4.78, 5) is 26.0. The van der Waals surface area contributed by atoms with Crippen LogP contribution in [-0.2, 0) is 9.59 Å². The van der Waals surface area contributed by atoms with Crippen molar-refractivity contribution < 1.29 is 9.59 Å². The topological polar surface area (TPSA) is 75.4 Å². The van der Waals surface area contributed by atoms with Gasteiger partial charge in [0.1, 0.15) is 0 Å². The molecule has 5 nitrogen and oxygen atoms in total. The molecule has 0 spiro atoms. The van der Waals surface area contributed by atoms with Gasteiger partial charge in [-0.2, -0.15) is 0 Å². The number of carbonyl (C=O) groups excluding carboxylic acids is 2. The molecule has 2 rings (SSSR count). The van der Waals surface area contributed by atoms with E-state index in [0.29, 0.717) is 18.9 Å². The number of halogens is 1. The molecular weight excluding hydrogens is 302 g/mol. The molecule has 2 aliphatic rings. The zero-order valence-corrected chi connectivity index (χ0v) is 14.4. The van der Waals surface area contributed by atoms with E-state index in [1.807, 2.05) is 11.8 Å².